The second-order valence-electron chi connectivity index (χ2n) is 9.36. The second-order valence-corrected chi connectivity index (χ2v) is 9.36. The van der Waals surface area contributed by atoms with Crippen LogP contribution in [0.5, 0.6) is 0 Å². The maximum Gasteiger partial charge on any atom is 0.237 e. The highest BCUT2D eigenvalue weighted by atomic mass is 35.5. The molecule has 178 valence electrons. The Morgan fingerprint density at radius 2 is 1.65 bits per heavy atom. The summed E-state index contributed by atoms with van der Waals surface area (Å²) in [6, 6.07) is 9.87. The van der Waals surface area contributed by atoms with Gasteiger partial charge in [0.1, 0.15) is 11.5 Å². The van der Waals surface area contributed by atoms with E-state index in [2.05, 4.69) is 9.80 Å². The summed E-state index contributed by atoms with van der Waals surface area (Å²) < 4.78 is 11.8. The van der Waals surface area contributed by atoms with Crippen LogP contribution in [0.4, 0.5) is 0 Å². The van der Waals surface area contributed by atoms with E-state index >= 15 is 0 Å². The van der Waals surface area contributed by atoms with Gasteiger partial charge in [0.25, 0.3) is 0 Å². The number of fused-ring (bicyclic) bond motifs is 7. The van der Waals surface area contributed by atoms with Gasteiger partial charge in [-0.1, -0.05) is 24.3 Å². The molecule has 34 heavy (non-hydrogen) atoms. The molecule has 3 heterocycles. The summed E-state index contributed by atoms with van der Waals surface area (Å²) in [7, 11) is 0. The van der Waals surface area contributed by atoms with Gasteiger partial charge in [0.2, 0.25) is 11.6 Å². The third-order valence-electron chi connectivity index (χ3n) is 7.37. The van der Waals surface area contributed by atoms with Crippen LogP contribution in [-0.4, -0.2) is 67.3 Å². The lowest BCUT2D eigenvalue weighted by molar-refractivity contribution is 0.0358. The van der Waals surface area contributed by atoms with Crippen molar-refractivity contribution in [3.63, 3.8) is 0 Å². The smallest absolute Gasteiger partial charge is 0.237 e. The number of nitrogens with zero attached hydrogens (tertiary/aromatic N) is 2. The van der Waals surface area contributed by atoms with E-state index in [0.717, 1.165) is 92.0 Å². The van der Waals surface area contributed by atoms with Crippen molar-refractivity contribution in [3.05, 3.63) is 58.3 Å². The summed E-state index contributed by atoms with van der Waals surface area (Å²) in [6.07, 6.45) is 1.84. The van der Waals surface area contributed by atoms with Crippen LogP contribution in [0.1, 0.15) is 44.0 Å². The molecular weight excluding hydrogens is 452 g/mol. The number of Topliss-reactive ketones (excluding diaryl/α,β-unsaturated/α-hetero) is 2. The molecule has 0 spiro atoms. The quantitative estimate of drug-likeness (QED) is 0.519. The Labute approximate surface area is 205 Å². The second kappa shape index (κ2) is 9.27. The zero-order chi connectivity index (χ0) is 22.5. The highest BCUT2D eigenvalue weighted by molar-refractivity contribution is 6.54. The Balaban J connectivity index is 0.00000241. The maximum absolute atomic E-state index is 13.2. The number of ketones is 2. The first kappa shape index (κ1) is 23.2. The summed E-state index contributed by atoms with van der Waals surface area (Å²) >= 11 is 0. The largest absolute Gasteiger partial charge is 0.459 e. The minimum absolute atomic E-state index is 0. The van der Waals surface area contributed by atoms with Crippen molar-refractivity contribution in [2.45, 2.75) is 26.3 Å². The third kappa shape index (κ3) is 3.79. The van der Waals surface area contributed by atoms with Crippen molar-refractivity contribution in [3.8, 4) is 11.3 Å². The van der Waals surface area contributed by atoms with Crippen molar-refractivity contribution in [2.24, 2.45) is 0 Å². The van der Waals surface area contributed by atoms with Gasteiger partial charge < -0.3 is 9.15 Å². The minimum atomic E-state index is -0.419. The van der Waals surface area contributed by atoms with Crippen LogP contribution < -0.4 is 0 Å². The predicted octanol–water partition coefficient (Wildman–Crippen LogP) is 4.29. The molecule has 6 nitrogen and oxygen atoms in total. The SMILES string of the molecule is Cc1cccc2c3c(ccc12)-c1oc2c(c1C(=O)C3=O)CCN(CCCN1CCOCC1)C2.Cl. The van der Waals surface area contributed by atoms with E-state index in [1.165, 1.54) is 0 Å². The molecule has 0 atom stereocenters. The van der Waals surface area contributed by atoms with E-state index in [4.69, 9.17) is 9.15 Å². The van der Waals surface area contributed by atoms with Crippen molar-refractivity contribution < 1.29 is 18.7 Å². The normalized spacial score (nSPS) is 18.4. The van der Waals surface area contributed by atoms with Crippen LogP contribution in [0.3, 0.4) is 0 Å². The van der Waals surface area contributed by atoms with Crippen LogP contribution in [0.25, 0.3) is 22.1 Å². The number of furan rings is 1. The third-order valence-corrected chi connectivity index (χ3v) is 7.37. The predicted molar refractivity (Wildman–Crippen MR) is 133 cm³/mol. The maximum atomic E-state index is 13.2. The van der Waals surface area contributed by atoms with Crippen LogP contribution >= 0.6 is 12.4 Å². The lowest BCUT2D eigenvalue weighted by Crippen LogP contribution is -2.38. The number of morpholine rings is 1. The molecule has 2 aromatic carbocycles. The monoisotopic (exact) mass is 480 g/mol. The van der Waals surface area contributed by atoms with E-state index < -0.39 is 11.6 Å². The average Bonchev–Trinajstić information content (AvgIpc) is 3.22. The van der Waals surface area contributed by atoms with Crippen molar-refractivity contribution in [2.75, 3.05) is 45.9 Å². The fourth-order valence-electron chi connectivity index (χ4n) is 5.60. The molecule has 2 aliphatic heterocycles. The Bertz CT molecular complexity index is 1280. The van der Waals surface area contributed by atoms with Gasteiger partial charge >= 0.3 is 0 Å². The summed E-state index contributed by atoms with van der Waals surface area (Å²) in [5.41, 5.74) is 3.76. The summed E-state index contributed by atoms with van der Waals surface area (Å²) in [5, 5.41) is 1.83. The number of carbonyl (C=O) groups is 2. The van der Waals surface area contributed by atoms with Crippen LogP contribution in [0, 0.1) is 6.92 Å². The highest BCUT2D eigenvalue weighted by Crippen LogP contribution is 2.43. The molecule has 0 saturated carbocycles. The summed E-state index contributed by atoms with van der Waals surface area (Å²) in [6.45, 7) is 9.35. The minimum Gasteiger partial charge on any atom is -0.459 e. The topological polar surface area (TPSA) is 63.0 Å². The molecular formula is C27H29ClN2O4. The van der Waals surface area contributed by atoms with Crippen LogP contribution in [-0.2, 0) is 17.7 Å². The Morgan fingerprint density at radius 3 is 2.47 bits per heavy atom. The number of benzene rings is 2. The molecule has 1 aliphatic carbocycles. The molecule has 3 aliphatic rings. The number of hydrogen-bond donors (Lipinski definition) is 0. The van der Waals surface area contributed by atoms with Gasteiger partial charge in [0.15, 0.2) is 0 Å². The molecule has 0 radical (unpaired) electrons. The summed E-state index contributed by atoms with van der Waals surface area (Å²) in [4.78, 5) is 31.3. The zero-order valence-corrected chi connectivity index (χ0v) is 20.2. The number of halogens is 1. The van der Waals surface area contributed by atoms with Gasteiger partial charge in [0, 0.05) is 36.3 Å². The van der Waals surface area contributed by atoms with E-state index in [0.29, 0.717) is 23.4 Å². The number of aryl methyl sites for hydroxylation is 1. The molecule has 1 fully saturated rings. The molecule has 1 aromatic heterocycles. The van der Waals surface area contributed by atoms with E-state index in [9.17, 15) is 9.59 Å². The van der Waals surface area contributed by atoms with Crippen molar-refractivity contribution in [1.29, 1.82) is 0 Å². The molecule has 0 bridgehead atoms. The Morgan fingerprint density at radius 1 is 0.882 bits per heavy atom. The fourth-order valence-corrected chi connectivity index (χ4v) is 5.60. The van der Waals surface area contributed by atoms with Crippen molar-refractivity contribution >= 4 is 34.7 Å². The average molecular weight is 481 g/mol. The van der Waals surface area contributed by atoms with E-state index in [1.807, 2.05) is 37.3 Å². The standard InChI is InChI=1S/C27H28N2O4.ClH/c1-17-4-2-5-19-18(17)6-7-21-23(19)25(30)26(31)24-20-8-11-29(16-22(20)33-27(21)24)10-3-9-28-12-14-32-15-13-28;/h2,4-7H,3,8-16H2,1H3;1H. The van der Waals surface area contributed by atoms with Crippen molar-refractivity contribution in [1.82, 2.24) is 9.80 Å². The van der Waals surface area contributed by atoms with Gasteiger partial charge in [-0.25, -0.2) is 0 Å². The molecule has 3 aromatic rings. The van der Waals surface area contributed by atoms with Gasteiger partial charge in [-0.15, -0.1) is 12.4 Å². The highest BCUT2D eigenvalue weighted by Gasteiger charge is 2.39. The molecule has 0 unspecified atom stereocenters. The van der Waals surface area contributed by atoms with Gasteiger partial charge in [-0.05, 0) is 55.3 Å². The van der Waals surface area contributed by atoms with E-state index in [1.54, 1.807) is 0 Å². The van der Waals surface area contributed by atoms with Gasteiger partial charge in [-0.3, -0.25) is 19.4 Å². The first-order valence-corrected chi connectivity index (χ1v) is 11.9. The molecule has 7 heteroatoms. The van der Waals surface area contributed by atoms with Gasteiger partial charge in [-0.2, -0.15) is 0 Å². The number of hydrogen-bond acceptors (Lipinski definition) is 6. The number of ether oxygens (including phenoxy) is 1. The first-order valence-electron chi connectivity index (χ1n) is 11.9. The molecule has 0 N–H and O–H groups in total. The number of carbonyl (C=O) groups excluding carboxylic acids is 2. The Hall–Kier alpha value is -2.51. The van der Waals surface area contributed by atoms with Crippen LogP contribution in [0.2, 0.25) is 0 Å². The first-order chi connectivity index (χ1) is 16.1. The zero-order valence-electron chi connectivity index (χ0n) is 19.4. The lowest BCUT2D eigenvalue weighted by atomic mass is 9.82. The van der Waals surface area contributed by atoms with Gasteiger partial charge in [0.05, 0.1) is 25.3 Å². The Kier molecular flexibility index (Phi) is 6.34. The fraction of sp³-hybridized carbons (Fsp3) is 0.407. The lowest BCUT2D eigenvalue weighted by Gasteiger charge is -2.29. The van der Waals surface area contributed by atoms with E-state index in [-0.39, 0.29) is 12.4 Å². The summed E-state index contributed by atoms with van der Waals surface area (Å²) in [5.74, 6) is 0.594. The number of rotatable bonds is 4. The molecule has 0 amide bonds. The van der Waals surface area contributed by atoms with Crippen LogP contribution in [0.15, 0.2) is 34.7 Å². The molecule has 1 saturated heterocycles. The molecule has 6 rings (SSSR count).